The summed E-state index contributed by atoms with van der Waals surface area (Å²) in [5, 5.41) is 10.7. The van der Waals surface area contributed by atoms with Crippen LogP contribution in [0.1, 0.15) is 32.2 Å². The number of fused-ring (bicyclic) bond motifs is 1. The van der Waals surface area contributed by atoms with Crippen LogP contribution in [0.25, 0.3) is 10.9 Å². The first-order valence-electron chi connectivity index (χ1n) is 10.0. The Hall–Kier alpha value is -3.65. The second-order valence-corrected chi connectivity index (χ2v) is 8.28. The molecule has 0 aliphatic heterocycles. The van der Waals surface area contributed by atoms with Gasteiger partial charge >= 0.3 is 6.03 Å². The van der Waals surface area contributed by atoms with Crippen LogP contribution in [0.4, 0.5) is 10.6 Å². The standard InChI is InChI=1S/C23H25N5O3/c1-23(2,3)20-13-21(27-31-20)26-22(29)28-10-8-15-11-17(5-6-19(15)28)30-18-7-9-25-16(12-18)14-24-4/h5-13,24H,14H2,1-4H3,(H,26,27,29). The van der Waals surface area contributed by atoms with Crippen molar-refractivity contribution in [3.05, 3.63) is 66.3 Å². The quantitative estimate of drug-likeness (QED) is 0.477. The number of aromatic nitrogens is 3. The highest BCUT2D eigenvalue weighted by Crippen LogP contribution is 2.27. The number of benzene rings is 1. The number of hydrogen-bond acceptors (Lipinski definition) is 6. The van der Waals surface area contributed by atoms with Crippen molar-refractivity contribution in [2.45, 2.75) is 32.7 Å². The molecule has 0 unspecified atom stereocenters. The van der Waals surface area contributed by atoms with E-state index in [1.54, 1.807) is 18.5 Å². The van der Waals surface area contributed by atoms with Gasteiger partial charge < -0.3 is 14.6 Å². The fraction of sp³-hybridized carbons (Fsp3) is 0.261. The van der Waals surface area contributed by atoms with Crippen LogP contribution in [0.5, 0.6) is 11.5 Å². The number of anilines is 1. The summed E-state index contributed by atoms with van der Waals surface area (Å²) in [7, 11) is 1.87. The molecular formula is C23H25N5O3. The van der Waals surface area contributed by atoms with Crippen LogP contribution in [0, 0.1) is 0 Å². The van der Waals surface area contributed by atoms with Crippen LogP contribution >= 0.6 is 0 Å². The molecule has 1 aromatic carbocycles. The Morgan fingerprint density at radius 2 is 1.94 bits per heavy atom. The average Bonchev–Trinajstić information content (AvgIpc) is 3.35. The van der Waals surface area contributed by atoms with E-state index in [-0.39, 0.29) is 11.4 Å². The van der Waals surface area contributed by atoms with E-state index in [0.717, 1.165) is 16.6 Å². The molecule has 0 atom stereocenters. The Labute approximate surface area is 180 Å². The molecule has 2 N–H and O–H groups in total. The summed E-state index contributed by atoms with van der Waals surface area (Å²) in [6.07, 6.45) is 3.43. The zero-order valence-electron chi connectivity index (χ0n) is 18.0. The van der Waals surface area contributed by atoms with Crippen molar-refractivity contribution in [3.63, 3.8) is 0 Å². The van der Waals surface area contributed by atoms with Crippen LogP contribution in [-0.2, 0) is 12.0 Å². The van der Waals surface area contributed by atoms with Crippen molar-refractivity contribution in [3.8, 4) is 11.5 Å². The van der Waals surface area contributed by atoms with Crippen LogP contribution < -0.4 is 15.4 Å². The van der Waals surface area contributed by atoms with Gasteiger partial charge in [-0.05, 0) is 37.4 Å². The highest BCUT2D eigenvalue weighted by Gasteiger charge is 2.21. The van der Waals surface area contributed by atoms with Crippen LogP contribution in [0.3, 0.4) is 0 Å². The Balaban J connectivity index is 1.51. The summed E-state index contributed by atoms with van der Waals surface area (Å²) in [4.78, 5) is 17.0. The number of rotatable bonds is 5. The van der Waals surface area contributed by atoms with Gasteiger partial charge in [0.1, 0.15) is 17.3 Å². The van der Waals surface area contributed by atoms with Crippen molar-refractivity contribution in [2.24, 2.45) is 0 Å². The van der Waals surface area contributed by atoms with E-state index in [2.05, 4.69) is 20.8 Å². The van der Waals surface area contributed by atoms with Gasteiger partial charge in [-0.15, -0.1) is 0 Å². The smallest absolute Gasteiger partial charge is 0.331 e. The molecule has 0 fully saturated rings. The van der Waals surface area contributed by atoms with E-state index < -0.39 is 0 Å². The number of amides is 1. The Bertz CT molecular complexity index is 1220. The summed E-state index contributed by atoms with van der Waals surface area (Å²) in [6.45, 7) is 6.72. The van der Waals surface area contributed by atoms with E-state index in [0.29, 0.717) is 29.6 Å². The fourth-order valence-corrected chi connectivity index (χ4v) is 3.15. The first-order chi connectivity index (χ1) is 14.8. The zero-order chi connectivity index (χ0) is 22.0. The van der Waals surface area contributed by atoms with Gasteiger partial charge in [0, 0.05) is 41.9 Å². The first-order valence-corrected chi connectivity index (χ1v) is 10.0. The van der Waals surface area contributed by atoms with Crippen molar-refractivity contribution >= 4 is 22.8 Å². The second kappa shape index (κ2) is 8.23. The minimum atomic E-state index is -0.316. The molecule has 0 radical (unpaired) electrons. The maximum Gasteiger partial charge on any atom is 0.331 e. The minimum absolute atomic E-state index is 0.185. The second-order valence-electron chi connectivity index (χ2n) is 8.28. The number of nitrogens with one attached hydrogen (secondary N) is 2. The SMILES string of the molecule is CNCc1cc(Oc2ccc3c(ccn3C(=O)Nc3cc(C(C)(C)C)on3)c2)ccn1. The van der Waals surface area contributed by atoms with Crippen LogP contribution in [0.15, 0.2) is 59.4 Å². The van der Waals surface area contributed by atoms with Gasteiger partial charge in [-0.25, -0.2) is 4.79 Å². The molecule has 0 saturated heterocycles. The summed E-state index contributed by atoms with van der Waals surface area (Å²) in [6, 6.07) is 12.6. The summed E-state index contributed by atoms with van der Waals surface area (Å²) in [5.74, 6) is 2.47. The Morgan fingerprint density at radius 3 is 2.68 bits per heavy atom. The van der Waals surface area contributed by atoms with Gasteiger partial charge in [0.25, 0.3) is 0 Å². The van der Waals surface area contributed by atoms with E-state index in [4.69, 9.17) is 9.26 Å². The molecule has 0 spiro atoms. The number of ether oxygens (including phenoxy) is 1. The molecule has 4 rings (SSSR count). The molecular weight excluding hydrogens is 394 g/mol. The molecule has 4 aromatic rings. The van der Waals surface area contributed by atoms with E-state index in [9.17, 15) is 4.79 Å². The maximum absolute atomic E-state index is 12.7. The zero-order valence-corrected chi connectivity index (χ0v) is 18.0. The van der Waals surface area contributed by atoms with Crippen LogP contribution in [-0.4, -0.2) is 27.8 Å². The van der Waals surface area contributed by atoms with Gasteiger partial charge in [0.15, 0.2) is 5.82 Å². The van der Waals surface area contributed by atoms with Crippen molar-refractivity contribution in [1.29, 1.82) is 0 Å². The Kier molecular flexibility index (Phi) is 5.48. The molecule has 0 aliphatic rings. The lowest BCUT2D eigenvalue weighted by Crippen LogP contribution is -2.18. The lowest BCUT2D eigenvalue weighted by Gasteiger charge is -2.12. The lowest BCUT2D eigenvalue weighted by molar-refractivity contribution is 0.254. The number of carbonyl (C=O) groups excluding carboxylic acids is 1. The lowest BCUT2D eigenvalue weighted by atomic mass is 9.93. The molecule has 31 heavy (non-hydrogen) atoms. The monoisotopic (exact) mass is 419 g/mol. The molecule has 0 saturated carbocycles. The highest BCUT2D eigenvalue weighted by atomic mass is 16.5. The molecule has 3 aromatic heterocycles. The predicted octanol–water partition coefficient (Wildman–Crippen LogP) is 4.91. The van der Waals surface area contributed by atoms with Gasteiger partial charge in [-0.2, -0.15) is 0 Å². The molecule has 0 aliphatic carbocycles. The predicted molar refractivity (Wildman–Crippen MR) is 119 cm³/mol. The van der Waals surface area contributed by atoms with Crippen molar-refractivity contribution in [1.82, 2.24) is 20.0 Å². The van der Waals surface area contributed by atoms with Gasteiger partial charge in [-0.1, -0.05) is 25.9 Å². The first kappa shape index (κ1) is 20.6. The summed E-state index contributed by atoms with van der Waals surface area (Å²) >= 11 is 0. The number of nitrogens with zero attached hydrogens (tertiary/aromatic N) is 3. The Morgan fingerprint density at radius 1 is 1.13 bits per heavy atom. The molecule has 0 bridgehead atoms. The third-order valence-electron chi connectivity index (χ3n) is 4.75. The normalized spacial score (nSPS) is 11.6. The number of hydrogen-bond donors (Lipinski definition) is 2. The maximum atomic E-state index is 12.7. The highest BCUT2D eigenvalue weighted by molar-refractivity contribution is 5.98. The molecule has 8 nitrogen and oxygen atoms in total. The summed E-state index contributed by atoms with van der Waals surface area (Å²) in [5.41, 5.74) is 1.47. The number of pyridine rings is 1. The minimum Gasteiger partial charge on any atom is -0.457 e. The topological polar surface area (TPSA) is 94.2 Å². The molecule has 3 heterocycles. The largest absolute Gasteiger partial charge is 0.457 e. The molecule has 160 valence electrons. The van der Waals surface area contributed by atoms with Crippen molar-refractivity contribution < 1.29 is 14.1 Å². The average molecular weight is 419 g/mol. The van der Waals surface area contributed by atoms with Gasteiger partial charge in [0.05, 0.1) is 11.2 Å². The van der Waals surface area contributed by atoms with Crippen LogP contribution in [0.2, 0.25) is 0 Å². The van der Waals surface area contributed by atoms with Gasteiger partial charge in [0.2, 0.25) is 0 Å². The van der Waals surface area contributed by atoms with E-state index >= 15 is 0 Å². The third kappa shape index (κ3) is 4.59. The van der Waals surface area contributed by atoms with E-state index in [1.165, 1.54) is 4.57 Å². The fourth-order valence-electron chi connectivity index (χ4n) is 3.15. The third-order valence-corrected chi connectivity index (χ3v) is 4.75. The summed E-state index contributed by atoms with van der Waals surface area (Å²) < 4.78 is 12.8. The molecule has 8 heteroatoms. The van der Waals surface area contributed by atoms with Crippen molar-refractivity contribution in [2.75, 3.05) is 12.4 Å². The number of carbonyl (C=O) groups is 1. The van der Waals surface area contributed by atoms with Gasteiger partial charge in [-0.3, -0.25) is 14.9 Å². The van der Waals surface area contributed by atoms with E-state index in [1.807, 2.05) is 64.2 Å². The molecule has 1 amide bonds.